The van der Waals surface area contributed by atoms with Gasteiger partial charge in [-0.25, -0.2) is 8.91 Å². The zero-order valence-corrected chi connectivity index (χ0v) is 10.4. The van der Waals surface area contributed by atoms with Gasteiger partial charge in [0.1, 0.15) is 5.82 Å². The normalized spacial score (nSPS) is 10.8. The van der Waals surface area contributed by atoms with Gasteiger partial charge in [-0.15, -0.1) is 0 Å². The third kappa shape index (κ3) is 1.87. The molecule has 2 aromatic heterocycles. The average Bonchev–Trinajstić information content (AvgIpc) is 2.83. The first-order valence-corrected chi connectivity index (χ1v) is 5.89. The SMILES string of the molecule is NC(=O)c1cnn2cc(-c3cccc(F)c3)cc2c1N. The number of carbonyl (C=O) groups is 1. The summed E-state index contributed by atoms with van der Waals surface area (Å²) in [5, 5.41) is 4.07. The van der Waals surface area contributed by atoms with Crippen LogP contribution in [0.3, 0.4) is 0 Å². The van der Waals surface area contributed by atoms with E-state index in [0.29, 0.717) is 11.1 Å². The predicted octanol–water partition coefficient (Wildman–Crippen LogP) is 1.82. The van der Waals surface area contributed by atoms with Gasteiger partial charge in [-0.2, -0.15) is 5.10 Å². The van der Waals surface area contributed by atoms with Gasteiger partial charge < -0.3 is 11.5 Å². The van der Waals surface area contributed by atoms with E-state index in [9.17, 15) is 9.18 Å². The minimum absolute atomic E-state index is 0.168. The fraction of sp³-hybridized carbons (Fsp3) is 0. The van der Waals surface area contributed by atoms with Crippen molar-refractivity contribution >= 4 is 17.1 Å². The van der Waals surface area contributed by atoms with Crippen molar-refractivity contribution in [1.29, 1.82) is 0 Å². The van der Waals surface area contributed by atoms with Crippen LogP contribution in [-0.4, -0.2) is 15.5 Å². The molecule has 6 heteroatoms. The predicted molar refractivity (Wildman–Crippen MR) is 73.5 cm³/mol. The summed E-state index contributed by atoms with van der Waals surface area (Å²) in [6.45, 7) is 0. The largest absolute Gasteiger partial charge is 0.396 e. The van der Waals surface area contributed by atoms with Crippen molar-refractivity contribution in [1.82, 2.24) is 9.61 Å². The number of nitrogens with zero attached hydrogens (tertiary/aromatic N) is 2. The number of fused-ring (bicyclic) bond motifs is 1. The van der Waals surface area contributed by atoms with Crippen molar-refractivity contribution in [2.24, 2.45) is 5.73 Å². The summed E-state index contributed by atoms with van der Waals surface area (Å²) in [5.74, 6) is -0.956. The molecule has 0 aliphatic rings. The van der Waals surface area contributed by atoms with E-state index >= 15 is 0 Å². The highest BCUT2D eigenvalue weighted by atomic mass is 19.1. The number of carbonyl (C=O) groups excluding carboxylic acids is 1. The lowest BCUT2D eigenvalue weighted by Crippen LogP contribution is -2.15. The van der Waals surface area contributed by atoms with Gasteiger partial charge in [-0.05, 0) is 23.8 Å². The minimum atomic E-state index is -0.633. The van der Waals surface area contributed by atoms with Crippen LogP contribution in [0.5, 0.6) is 0 Å². The molecule has 0 atom stereocenters. The first-order chi connectivity index (χ1) is 9.56. The topological polar surface area (TPSA) is 86.4 Å². The van der Waals surface area contributed by atoms with Crippen molar-refractivity contribution < 1.29 is 9.18 Å². The molecule has 3 aromatic rings. The number of hydrogen-bond acceptors (Lipinski definition) is 3. The second-order valence-corrected chi connectivity index (χ2v) is 4.41. The van der Waals surface area contributed by atoms with Crippen LogP contribution in [0.2, 0.25) is 0 Å². The number of hydrogen-bond donors (Lipinski definition) is 2. The summed E-state index contributed by atoms with van der Waals surface area (Å²) in [6, 6.07) is 7.93. The van der Waals surface area contributed by atoms with Gasteiger partial charge in [-0.1, -0.05) is 12.1 Å². The molecule has 0 fully saturated rings. The number of anilines is 1. The first kappa shape index (κ1) is 12.2. The molecule has 0 spiro atoms. The molecular weight excluding hydrogens is 259 g/mol. The van der Waals surface area contributed by atoms with E-state index in [-0.39, 0.29) is 17.1 Å². The van der Waals surface area contributed by atoms with E-state index in [1.165, 1.54) is 22.8 Å². The Bertz CT molecular complexity index is 825. The average molecular weight is 270 g/mol. The molecule has 1 amide bonds. The standard InChI is InChI=1S/C14H11FN4O/c15-10-3-1-2-8(4-10)9-5-12-13(16)11(14(17)20)6-18-19(12)7-9/h1-7H,16H2,(H2,17,20). The van der Waals surface area contributed by atoms with Gasteiger partial charge in [0.05, 0.1) is 23.0 Å². The molecule has 1 aromatic carbocycles. The molecule has 2 heterocycles. The molecule has 5 nitrogen and oxygen atoms in total. The summed E-state index contributed by atoms with van der Waals surface area (Å²) in [5.41, 5.74) is 13.6. The quantitative estimate of drug-likeness (QED) is 0.744. The fourth-order valence-electron chi connectivity index (χ4n) is 2.10. The van der Waals surface area contributed by atoms with Crippen LogP contribution in [0.1, 0.15) is 10.4 Å². The van der Waals surface area contributed by atoms with Crippen LogP contribution in [-0.2, 0) is 0 Å². The van der Waals surface area contributed by atoms with Gasteiger partial charge in [0, 0.05) is 11.8 Å². The van der Waals surface area contributed by atoms with Gasteiger partial charge in [0.25, 0.3) is 5.91 Å². The van der Waals surface area contributed by atoms with Crippen LogP contribution >= 0.6 is 0 Å². The number of primary amides is 1. The molecule has 0 saturated carbocycles. The highest BCUT2D eigenvalue weighted by Gasteiger charge is 2.12. The van der Waals surface area contributed by atoms with E-state index < -0.39 is 5.91 Å². The molecule has 0 unspecified atom stereocenters. The van der Waals surface area contributed by atoms with Crippen LogP contribution < -0.4 is 11.5 Å². The second-order valence-electron chi connectivity index (χ2n) is 4.41. The van der Waals surface area contributed by atoms with Crippen molar-refractivity contribution in [3.8, 4) is 11.1 Å². The maximum Gasteiger partial charge on any atom is 0.252 e. The summed E-state index contributed by atoms with van der Waals surface area (Å²) in [7, 11) is 0. The minimum Gasteiger partial charge on any atom is -0.396 e. The molecule has 4 N–H and O–H groups in total. The number of amides is 1. The number of nitrogen functional groups attached to an aromatic ring is 1. The van der Waals surface area contributed by atoms with Crippen LogP contribution in [0.25, 0.3) is 16.6 Å². The smallest absolute Gasteiger partial charge is 0.252 e. The van der Waals surface area contributed by atoms with Gasteiger partial charge >= 0.3 is 0 Å². The molecule has 100 valence electrons. The molecule has 0 aliphatic heterocycles. The second kappa shape index (κ2) is 4.34. The van der Waals surface area contributed by atoms with Crippen molar-refractivity contribution in [2.75, 3.05) is 5.73 Å². The van der Waals surface area contributed by atoms with E-state index in [2.05, 4.69) is 5.10 Å². The third-order valence-corrected chi connectivity index (χ3v) is 3.10. The maximum atomic E-state index is 13.2. The molecular formula is C14H11FN4O. The summed E-state index contributed by atoms with van der Waals surface area (Å²) in [4.78, 5) is 11.2. The maximum absolute atomic E-state index is 13.2. The van der Waals surface area contributed by atoms with Crippen molar-refractivity contribution in [3.63, 3.8) is 0 Å². The van der Waals surface area contributed by atoms with E-state index in [4.69, 9.17) is 11.5 Å². The molecule has 20 heavy (non-hydrogen) atoms. The number of aromatic nitrogens is 2. The molecule has 3 rings (SSSR count). The Balaban J connectivity index is 2.21. The summed E-state index contributed by atoms with van der Waals surface area (Å²) in [6.07, 6.45) is 3.03. The number of halogens is 1. The van der Waals surface area contributed by atoms with Gasteiger partial charge in [-0.3, -0.25) is 4.79 Å². The molecule has 0 saturated heterocycles. The van der Waals surface area contributed by atoms with Crippen molar-refractivity contribution in [2.45, 2.75) is 0 Å². The Kier molecular flexibility index (Phi) is 2.64. The lowest BCUT2D eigenvalue weighted by atomic mass is 10.1. The summed E-state index contributed by atoms with van der Waals surface area (Å²) < 4.78 is 14.8. The van der Waals surface area contributed by atoms with Crippen LogP contribution in [0, 0.1) is 5.82 Å². The monoisotopic (exact) mass is 270 g/mol. The Morgan fingerprint density at radius 1 is 1.25 bits per heavy atom. The lowest BCUT2D eigenvalue weighted by Gasteiger charge is -2.02. The number of nitrogens with two attached hydrogens (primary N) is 2. The molecule has 0 radical (unpaired) electrons. The van der Waals surface area contributed by atoms with Crippen LogP contribution in [0.15, 0.2) is 42.7 Å². The zero-order chi connectivity index (χ0) is 14.3. The van der Waals surface area contributed by atoms with E-state index in [1.54, 1.807) is 24.4 Å². The van der Waals surface area contributed by atoms with Crippen LogP contribution in [0.4, 0.5) is 10.1 Å². The number of benzene rings is 1. The Morgan fingerprint density at radius 3 is 2.75 bits per heavy atom. The van der Waals surface area contributed by atoms with E-state index in [0.717, 1.165) is 5.56 Å². The third-order valence-electron chi connectivity index (χ3n) is 3.10. The molecule has 0 bridgehead atoms. The summed E-state index contributed by atoms with van der Waals surface area (Å²) >= 11 is 0. The van der Waals surface area contributed by atoms with Crippen molar-refractivity contribution in [3.05, 3.63) is 54.1 Å². The first-order valence-electron chi connectivity index (χ1n) is 5.89. The van der Waals surface area contributed by atoms with E-state index in [1.807, 2.05) is 0 Å². The van der Waals surface area contributed by atoms with Gasteiger partial charge in [0.15, 0.2) is 0 Å². The lowest BCUT2D eigenvalue weighted by molar-refractivity contribution is 0.100. The Hall–Kier alpha value is -2.89. The Labute approximate surface area is 113 Å². The van der Waals surface area contributed by atoms with Gasteiger partial charge in [0.2, 0.25) is 0 Å². The highest BCUT2D eigenvalue weighted by molar-refractivity contribution is 6.01. The number of rotatable bonds is 2. The Morgan fingerprint density at radius 2 is 2.05 bits per heavy atom. The molecule has 0 aliphatic carbocycles. The zero-order valence-electron chi connectivity index (χ0n) is 10.4. The highest BCUT2D eigenvalue weighted by Crippen LogP contribution is 2.26. The fourth-order valence-corrected chi connectivity index (χ4v) is 2.10.